The van der Waals surface area contributed by atoms with Crippen molar-refractivity contribution in [2.45, 2.75) is 37.0 Å². The molecule has 138 valence electrons. The number of halogens is 1. The van der Waals surface area contributed by atoms with E-state index < -0.39 is 0 Å². The quantitative estimate of drug-likeness (QED) is 0.619. The van der Waals surface area contributed by atoms with Crippen LogP contribution in [0.1, 0.15) is 36.8 Å². The highest BCUT2D eigenvalue weighted by molar-refractivity contribution is 7.98. The summed E-state index contributed by atoms with van der Waals surface area (Å²) < 4.78 is 5.29. The van der Waals surface area contributed by atoms with Gasteiger partial charge in [-0.3, -0.25) is 4.79 Å². The van der Waals surface area contributed by atoms with Gasteiger partial charge in [0.15, 0.2) is 5.82 Å². The van der Waals surface area contributed by atoms with Crippen LogP contribution in [0.5, 0.6) is 0 Å². The van der Waals surface area contributed by atoms with Crippen molar-refractivity contribution in [3.63, 3.8) is 0 Å². The van der Waals surface area contributed by atoms with E-state index in [1.165, 1.54) is 0 Å². The number of hydrogen-bond donors (Lipinski definition) is 2. The lowest BCUT2D eigenvalue weighted by molar-refractivity contribution is 0.229. The van der Waals surface area contributed by atoms with Crippen molar-refractivity contribution in [2.75, 3.05) is 5.75 Å². The Morgan fingerprint density at radius 1 is 1.27 bits per heavy atom. The van der Waals surface area contributed by atoms with Crippen LogP contribution in [-0.2, 0) is 17.7 Å². The first-order valence-corrected chi connectivity index (χ1v) is 9.47. The molecule has 0 spiro atoms. The van der Waals surface area contributed by atoms with E-state index in [1.54, 1.807) is 17.8 Å². The number of benzene rings is 1. The molecule has 1 aliphatic rings. The lowest BCUT2D eigenvalue weighted by Gasteiger charge is -2.34. The molecule has 1 saturated carbocycles. The van der Waals surface area contributed by atoms with Crippen LogP contribution in [0.2, 0.25) is 0 Å². The monoisotopic (exact) mass is 393 g/mol. The first-order valence-electron chi connectivity index (χ1n) is 8.32. The van der Waals surface area contributed by atoms with Gasteiger partial charge in [0.2, 0.25) is 5.89 Å². The summed E-state index contributed by atoms with van der Waals surface area (Å²) in [4.78, 5) is 23.8. The van der Waals surface area contributed by atoms with E-state index in [9.17, 15) is 4.79 Å². The minimum absolute atomic E-state index is 0. The number of aryl methyl sites for hydroxylation is 1. The molecule has 1 aromatic carbocycles. The molecule has 3 N–H and O–H groups in total. The maximum atomic E-state index is 12.0. The first-order chi connectivity index (χ1) is 12.1. The standard InChI is InChI=1S/C17H19N5O2S.ClH/c18-17(7-3-8-17)16-21-14(24-22-16)6-9-25-10-13-19-12-5-2-1-4-11(12)15(23)20-13;/h1-2,4-5H,3,6-10,18H2,(H,19,20,23);1H. The summed E-state index contributed by atoms with van der Waals surface area (Å²) >= 11 is 1.66. The summed E-state index contributed by atoms with van der Waals surface area (Å²) in [5.41, 5.74) is 6.43. The largest absolute Gasteiger partial charge is 0.339 e. The topological polar surface area (TPSA) is 111 Å². The molecule has 0 saturated heterocycles. The zero-order valence-corrected chi connectivity index (χ0v) is 15.7. The number of nitrogens with one attached hydrogen (secondary N) is 1. The van der Waals surface area contributed by atoms with Gasteiger partial charge in [0.25, 0.3) is 5.56 Å². The minimum Gasteiger partial charge on any atom is -0.339 e. The Kier molecular flexibility index (Phi) is 5.64. The summed E-state index contributed by atoms with van der Waals surface area (Å²) in [6, 6.07) is 7.34. The second-order valence-corrected chi connectivity index (χ2v) is 7.46. The summed E-state index contributed by atoms with van der Waals surface area (Å²) in [7, 11) is 0. The van der Waals surface area contributed by atoms with Crippen LogP contribution in [0.4, 0.5) is 0 Å². The fraction of sp³-hybridized carbons (Fsp3) is 0.412. The van der Waals surface area contributed by atoms with E-state index in [-0.39, 0.29) is 23.5 Å². The summed E-state index contributed by atoms with van der Waals surface area (Å²) in [5.74, 6) is 3.34. The number of nitrogens with zero attached hydrogens (tertiary/aromatic N) is 3. The van der Waals surface area contributed by atoms with Gasteiger partial charge in [-0.05, 0) is 31.4 Å². The van der Waals surface area contributed by atoms with E-state index >= 15 is 0 Å². The number of hydrogen-bond acceptors (Lipinski definition) is 7. The predicted octanol–water partition coefficient (Wildman–Crippen LogP) is 2.54. The van der Waals surface area contributed by atoms with Crippen molar-refractivity contribution in [3.05, 3.63) is 52.2 Å². The van der Waals surface area contributed by atoms with Gasteiger partial charge in [-0.25, -0.2) is 4.98 Å². The fourth-order valence-electron chi connectivity index (χ4n) is 2.87. The van der Waals surface area contributed by atoms with Gasteiger partial charge in [-0.15, -0.1) is 12.4 Å². The summed E-state index contributed by atoms with van der Waals surface area (Å²) in [5, 5.41) is 4.62. The number of rotatable bonds is 6. The van der Waals surface area contributed by atoms with Gasteiger partial charge in [0.05, 0.1) is 22.2 Å². The third kappa shape index (κ3) is 3.77. The lowest BCUT2D eigenvalue weighted by Crippen LogP contribution is -2.44. The van der Waals surface area contributed by atoms with Crippen molar-refractivity contribution in [1.82, 2.24) is 20.1 Å². The average molecular weight is 394 g/mol. The molecule has 2 heterocycles. The normalized spacial score (nSPS) is 15.4. The van der Waals surface area contributed by atoms with E-state index in [1.807, 2.05) is 18.2 Å². The first kappa shape index (κ1) is 18.9. The van der Waals surface area contributed by atoms with E-state index in [0.29, 0.717) is 35.1 Å². The van der Waals surface area contributed by atoms with Crippen molar-refractivity contribution in [1.29, 1.82) is 0 Å². The van der Waals surface area contributed by atoms with Crippen molar-refractivity contribution in [3.8, 4) is 0 Å². The Balaban J connectivity index is 0.00000196. The highest BCUT2D eigenvalue weighted by Crippen LogP contribution is 2.36. The summed E-state index contributed by atoms with van der Waals surface area (Å²) in [6.07, 6.45) is 3.63. The number of H-pyrrole nitrogens is 1. The molecule has 7 nitrogen and oxygen atoms in total. The van der Waals surface area contributed by atoms with Crippen LogP contribution in [0.3, 0.4) is 0 Å². The second kappa shape index (κ2) is 7.77. The molecular weight excluding hydrogens is 374 g/mol. The number of aromatic nitrogens is 4. The molecule has 1 fully saturated rings. The molecule has 3 aromatic rings. The van der Waals surface area contributed by atoms with Crippen molar-refractivity contribution in [2.24, 2.45) is 5.73 Å². The van der Waals surface area contributed by atoms with Crippen LogP contribution in [0.25, 0.3) is 10.9 Å². The number of para-hydroxylation sites is 1. The van der Waals surface area contributed by atoms with E-state index in [0.717, 1.165) is 30.5 Å². The van der Waals surface area contributed by atoms with E-state index in [2.05, 4.69) is 20.1 Å². The number of aromatic amines is 1. The summed E-state index contributed by atoms with van der Waals surface area (Å²) in [6.45, 7) is 0. The highest BCUT2D eigenvalue weighted by Gasteiger charge is 2.38. The Bertz CT molecular complexity index is 953. The van der Waals surface area contributed by atoms with Crippen LogP contribution in [0, 0.1) is 0 Å². The molecule has 0 bridgehead atoms. The van der Waals surface area contributed by atoms with Crippen LogP contribution in [0.15, 0.2) is 33.6 Å². The van der Waals surface area contributed by atoms with Crippen LogP contribution in [-0.4, -0.2) is 25.9 Å². The maximum Gasteiger partial charge on any atom is 0.258 e. The predicted molar refractivity (Wildman–Crippen MR) is 103 cm³/mol. The van der Waals surface area contributed by atoms with E-state index in [4.69, 9.17) is 10.3 Å². The molecule has 0 aliphatic heterocycles. The third-order valence-electron chi connectivity index (χ3n) is 4.52. The van der Waals surface area contributed by atoms with Gasteiger partial charge < -0.3 is 15.2 Å². The Morgan fingerprint density at radius 2 is 2.08 bits per heavy atom. The molecule has 9 heteroatoms. The molecule has 2 aromatic heterocycles. The molecule has 26 heavy (non-hydrogen) atoms. The van der Waals surface area contributed by atoms with Gasteiger partial charge >= 0.3 is 0 Å². The minimum atomic E-state index is -0.386. The molecule has 0 atom stereocenters. The van der Waals surface area contributed by atoms with Crippen LogP contribution < -0.4 is 11.3 Å². The lowest BCUT2D eigenvalue weighted by atomic mass is 9.77. The zero-order chi connectivity index (χ0) is 17.3. The Labute approximate surface area is 160 Å². The highest BCUT2D eigenvalue weighted by atomic mass is 35.5. The molecular formula is C17H20ClN5O2S. The maximum absolute atomic E-state index is 12.0. The number of thioether (sulfide) groups is 1. The molecule has 0 unspecified atom stereocenters. The number of nitrogens with two attached hydrogens (primary N) is 1. The fourth-order valence-corrected chi connectivity index (χ4v) is 3.66. The van der Waals surface area contributed by atoms with Gasteiger partial charge in [0.1, 0.15) is 5.82 Å². The van der Waals surface area contributed by atoms with Gasteiger partial charge in [-0.2, -0.15) is 16.7 Å². The van der Waals surface area contributed by atoms with Crippen molar-refractivity contribution >= 4 is 35.1 Å². The molecule has 0 radical (unpaired) electrons. The third-order valence-corrected chi connectivity index (χ3v) is 5.49. The van der Waals surface area contributed by atoms with Gasteiger partial charge in [0, 0.05) is 12.2 Å². The second-order valence-electron chi connectivity index (χ2n) is 6.35. The SMILES string of the molecule is Cl.NC1(c2noc(CCSCc3nc4ccccc4c(=O)[nH]3)n2)CCC1. The Hall–Kier alpha value is -1.90. The van der Waals surface area contributed by atoms with Crippen LogP contribution >= 0.6 is 24.2 Å². The average Bonchev–Trinajstić information content (AvgIpc) is 3.06. The molecule has 1 aliphatic carbocycles. The number of fused-ring (bicyclic) bond motifs is 1. The zero-order valence-electron chi connectivity index (χ0n) is 14.1. The smallest absolute Gasteiger partial charge is 0.258 e. The van der Waals surface area contributed by atoms with Crippen molar-refractivity contribution < 1.29 is 4.52 Å². The molecule has 0 amide bonds. The van der Waals surface area contributed by atoms with Gasteiger partial charge in [-0.1, -0.05) is 17.3 Å². The molecule has 4 rings (SSSR count). The Morgan fingerprint density at radius 3 is 2.85 bits per heavy atom.